The summed E-state index contributed by atoms with van der Waals surface area (Å²) in [6.07, 6.45) is 7.59. The Kier molecular flexibility index (Phi) is 9.48. The molecule has 114 valence electrons. The van der Waals surface area contributed by atoms with Crippen LogP contribution in [-0.4, -0.2) is 60.8 Å². The van der Waals surface area contributed by atoms with Gasteiger partial charge in [-0.1, -0.05) is 33.1 Å². The predicted octanol–water partition coefficient (Wildman–Crippen LogP) is 2.59. The second-order valence-corrected chi connectivity index (χ2v) is 6.12. The Balaban J connectivity index is 1.97. The topological polar surface area (TPSA) is 26.7 Å². The van der Waals surface area contributed by atoms with Gasteiger partial charge < -0.3 is 14.9 Å². The molecule has 1 aliphatic rings. The van der Waals surface area contributed by atoms with Crippen molar-refractivity contribution in [2.24, 2.45) is 5.92 Å². The maximum atomic E-state index is 8.79. The summed E-state index contributed by atoms with van der Waals surface area (Å²) in [7, 11) is 0. The fourth-order valence-corrected chi connectivity index (χ4v) is 2.72. The minimum Gasteiger partial charge on any atom is -0.396 e. The second-order valence-electron chi connectivity index (χ2n) is 6.12. The number of hydrogen-bond acceptors (Lipinski definition) is 3. The Morgan fingerprint density at radius 1 is 0.895 bits per heavy atom. The molecule has 1 unspecified atom stereocenters. The van der Waals surface area contributed by atoms with Gasteiger partial charge in [0.1, 0.15) is 0 Å². The molecular formula is C16H34N2O. The monoisotopic (exact) mass is 270 g/mol. The van der Waals surface area contributed by atoms with Gasteiger partial charge in [0.2, 0.25) is 0 Å². The van der Waals surface area contributed by atoms with E-state index in [0.717, 1.165) is 18.8 Å². The highest BCUT2D eigenvalue weighted by Crippen LogP contribution is 2.12. The molecule has 1 N–H and O–H groups in total. The molecule has 3 nitrogen and oxygen atoms in total. The van der Waals surface area contributed by atoms with Crippen molar-refractivity contribution in [3.8, 4) is 0 Å². The van der Waals surface area contributed by atoms with Crippen LogP contribution >= 0.6 is 0 Å². The average molecular weight is 270 g/mol. The summed E-state index contributed by atoms with van der Waals surface area (Å²) in [6.45, 7) is 12.4. The maximum Gasteiger partial charge on any atom is 0.0431 e. The van der Waals surface area contributed by atoms with E-state index in [9.17, 15) is 0 Å². The number of piperazine rings is 1. The summed E-state index contributed by atoms with van der Waals surface area (Å²) in [4.78, 5) is 5.17. The van der Waals surface area contributed by atoms with Crippen molar-refractivity contribution < 1.29 is 5.11 Å². The summed E-state index contributed by atoms with van der Waals surface area (Å²) < 4.78 is 0. The number of nitrogens with zero attached hydrogens (tertiary/aromatic N) is 2. The third kappa shape index (κ3) is 7.91. The van der Waals surface area contributed by atoms with Gasteiger partial charge in [0, 0.05) is 32.8 Å². The van der Waals surface area contributed by atoms with Crippen LogP contribution in [0.15, 0.2) is 0 Å². The van der Waals surface area contributed by atoms with E-state index in [1.807, 2.05) is 0 Å². The van der Waals surface area contributed by atoms with Gasteiger partial charge in [-0.25, -0.2) is 0 Å². The largest absolute Gasteiger partial charge is 0.396 e. The van der Waals surface area contributed by atoms with E-state index in [4.69, 9.17) is 5.11 Å². The molecule has 0 aromatic carbocycles. The molecule has 0 aromatic heterocycles. The van der Waals surface area contributed by atoms with Crippen LogP contribution in [0.3, 0.4) is 0 Å². The van der Waals surface area contributed by atoms with Crippen molar-refractivity contribution in [3.05, 3.63) is 0 Å². The van der Waals surface area contributed by atoms with E-state index in [2.05, 4.69) is 23.6 Å². The number of aliphatic hydroxyl groups excluding tert-OH is 1. The molecule has 1 rings (SSSR count). The molecule has 0 amide bonds. The van der Waals surface area contributed by atoms with Gasteiger partial charge in [-0.05, 0) is 38.3 Å². The van der Waals surface area contributed by atoms with E-state index in [1.165, 1.54) is 65.0 Å². The van der Waals surface area contributed by atoms with Gasteiger partial charge in [0.25, 0.3) is 0 Å². The van der Waals surface area contributed by atoms with Gasteiger partial charge >= 0.3 is 0 Å². The highest BCUT2D eigenvalue weighted by Gasteiger charge is 2.15. The minimum absolute atomic E-state index is 0.343. The zero-order chi connectivity index (χ0) is 13.9. The van der Waals surface area contributed by atoms with Crippen molar-refractivity contribution in [2.45, 2.75) is 52.4 Å². The SMILES string of the molecule is CCC(C)CCCCN1CCN(CCCCO)CC1. The first-order chi connectivity index (χ1) is 9.26. The molecule has 1 heterocycles. The third-order valence-electron chi connectivity index (χ3n) is 4.47. The van der Waals surface area contributed by atoms with Crippen molar-refractivity contribution in [3.63, 3.8) is 0 Å². The van der Waals surface area contributed by atoms with Gasteiger partial charge in [-0.2, -0.15) is 0 Å². The van der Waals surface area contributed by atoms with Crippen LogP contribution in [0.5, 0.6) is 0 Å². The average Bonchev–Trinajstić information content (AvgIpc) is 2.45. The van der Waals surface area contributed by atoms with Crippen LogP contribution in [0, 0.1) is 5.92 Å². The molecule has 0 aromatic rings. The van der Waals surface area contributed by atoms with E-state index < -0.39 is 0 Å². The molecule has 0 saturated carbocycles. The highest BCUT2D eigenvalue weighted by molar-refractivity contribution is 4.71. The Labute approximate surface area is 120 Å². The summed E-state index contributed by atoms with van der Waals surface area (Å²) >= 11 is 0. The first kappa shape index (κ1) is 16.9. The molecule has 3 heteroatoms. The molecule has 0 bridgehead atoms. The zero-order valence-electron chi connectivity index (χ0n) is 13.1. The fourth-order valence-electron chi connectivity index (χ4n) is 2.72. The molecule has 0 radical (unpaired) electrons. The van der Waals surface area contributed by atoms with Crippen molar-refractivity contribution in [1.82, 2.24) is 9.80 Å². The van der Waals surface area contributed by atoms with E-state index in [0.29, 0.717) is 6.61 Å². The first-order valence-electron chi connectivity index (χ1n) is 8.31. The quantitative estimate of drug-likeness (QED) is 0.618. The van der Waals surface area contributed by atoms with Crippen LogP contribution in [-0.2, 0) is 0 Å². The van der Waals surface area contributed by atoms with Gasteiger partial charge in [-0.3, -0.25) is 0 Å². The number of aliphatic hydroxyl groups is 1. The maximum absolute atomic E-state index is 8.79. The molecule has 1 aliphatic heterocycles. The van der Waals surface area contributed by atoms with Crippen molar-refractivity contribution in [1.29, 1.82) is 0 Å². The fraction of sp³-hybridized carbons (Fsp3) is 1.00. The van der Waals surface area contributed by atoms with E-state index in [1.54, 1.807) is 0 Å². The van der Waals surface area contributed by atoms with Crippen LogP contribution in [0.2, 0.25) is 0 Å². The predicted molar refractivity (Wildman–Crippen MR) is 82.5 cm³/mol. The molecule has 1 atom stereocenters. The van der Waals surface area contributed by atoms with Crippen LogP contribution < -0.4 is 0 Å². The molecule has 0 aliphatic carbocycles. The Morgan fingerprint density at radius 2 is 1.42 bits per heavy atom. The Hall–Kier alpha value is -0.120. The zero-order valence-corrected chi connectivity index (χ0v) is 13.1. The van der Waals surface area contributed by atoms with Gasteiger partial charge in [-0.15, -0.1) is 0 Å². The number of hydrogen-bond donors (Lipinski definition) is 1. The van der Waals surface area contributed by atoms with Crippen LogP contribution in [0.4, 0.5) is 0 Å². The lowest BCUT2D eigenvalue weighted by Crippen LogP contribution is -2.46. The number of unbranched alkanes of at least 4 members (excludes halogenated alkanes) is 2. The van der Waals surface area contributed by atoms with E-state index in [-0.39, 0.29) is 0 Å². The van der Waals surface area contributed by atoms with Crippen LogP contribution in [0.25, 0.3) is 0 Å². The minimum atomic E-state index is 0.343. The second kappa shape index (κ2) is 10.6. The molecule has 1 saturated heterocycles. The summed E-state index contributed by atoms with van der Waals surface area (Å²) in [5.74, 6) is 0.906. The standard InChI is InChI=1S/C16H34N2O/c1-3-16(2)8-4-5-9-17-11-13-18(14-12-17)10-6-7-15-19/h16,19H,3-15H2,1-2H3. The lowest BCUT2D eigenvalue weighted by atomic mass is 10.0. The summed E-state index contributed by atoms with van der Waals surface area (Å²) in [5, 5.41) is 8.79. The van der Waals surface area contributed by atoms with Crippen molar-refractivity contribution in [2.75, 3.05) is 45.9 Å². The molecule has 19 heavy (non-hydrogen) atoms. The molecule has 1 fully saturated rings. The first-order valence-corrected chi connectivity index (χ1v) is 8.31. The van der Waals surface area contributed by atoms with Crippen LogP contribution in [0.1, 0.15) is 52.4 Å². The van der Waals surface area contributed by atoms with Crippen molar-refractivity contribution >= 4 is 0 Å². The Bertz CT molecular complexity index is 203. The normalized spacial score (nSPS) is 19.7. The Morgan fingerprint density at radius 3 is 1.89 bits per heavy atom. The molecular weight excluding hydrogens is 236 g/mol. The van der Waals surface area contributed by atoms with Gasteiger partial charge in [0.05, 0.1) is 0 Å². The molecule has 0 spiro atoms. The highest BCUT2D eigenvalue weighted by atomic mass is 16.2. The van der Waals surface area contributed by atoms with E-state index >= 15 is 0 Å². The lowest BCUT2D eigenvalue weighted by Gasteiger charge is -2.34. The summed E-state index contributed by atoms with van der Waals surface area (Å²) in [5.41, 5.74) is 0. The third-order valence-corrected chi connectivity index (χ3v) is 4.47. The van der Waals surface area contributed by atoms with Gasteiger partial charge in [0.15, 0.2) is 0 Å². The smallest absolute Gasteiger partial charge is 0.0431 e. The summed E-state index contributed by atoms with van der Waals surface area (Å²) in [6, 6.07) is 0. The number of rotatable bonds is 10. The lowest BCUT2D eigenvalue weighted by molar-refractivity contribution is 0.127.